The van der Waals surface area contributed by atoms with E-state index in [1.807, 2.05) is 0 Å². The molecular formula is C7H12O2. The molecule has 0 aromatic rings. The summed E-state index contributed by atoms with van der Waals surface area (Å²) in [7, 11) is 0. The van der Waals surface area contributed by atoms with Crippen LogP contribution >= 0.6 is 0 Å². The maximum atomic E-state index is 9.07. The molecule has 0 spiro atoms. The molecule has 0 aliphatic carbocycles. The maximum absolute atomic E-state index is 9.07. The Bertz CT molecular complexity index is 126. The molecule has 52 valence electrons. The van der Waals surface area contributed by atoms with E-state index in [1.165, 1.54) is 19.9 Å². The number of aliphatic hydroxyl groups is 2. The van der Waals surface area contributed by atoms with Gasteiger partial charge in [0.2, 0.25) is 0 Å². The van der Waals surface area contributed by atoms with Crippen LogP contribution in [0.4, 0.5) is 0 Å². The molecule has 0 aliphatic rings. The van der Waals surface area contributed by atoms with Crippen molar-refractivity contribution in [2.45, 2.75) is 25.6 Å². The van der Waals surface area contributed by atoms with Gasteiger partial charge in [-0.2, -0.15) is 0 Å². The van der Waals surface area contributed by atoms with Gasteiger partial charge in [-0.05, 0) is 19.9 Å². The van der Waals surface area contributed by atoms with E-state index in [9.17, 15) is 0 Å². The minimum atomic E-state index is -1.09. The van der Waals surface area contributed by atoms with Crippen molar-refractivity contribution in [3.63, 3.8) is 0 Å². The molecule has 0 saturated heterocycles. The number of aliphatic hydroxyl groups excluding tert-OH is 1. The molecule has 0 aromatic heterocycles. The zero-order valence-corrected chi connectivity index (χ0v) is 5.76. The SMILES string of the molecule is C=C=CC(O)C(C)(C)O. The number of rotatable bonds is 2. The molecule has 0 radical (unpaired) electrons. The van der Waals surface area contributed by atoms with E-state index in [0.29, 0.717) is 0 Å². The van der Waals surface area contributed by atoms with Crippen molar-refractivity contribution in [3.8, 4) is 0 Å². The third kappa shape index (κ3) is 3.09. The highest BCUT2D eigenvalue weighted by Gasteiger charge is 2.21. The minimum Gasteiger partial charge on any atom is -0.387 e. The molecule has 0 amide bonds. The molecule has 0 saturated carbocycles. The highest BCUT2D eigenvalue weighted by Crippen LogP contribution is 2.07. The van der Waals surface area contributed by atoms with Crippen molar-refractivity contribution in [1.82, 2.24) is 0 Å². The molecule has 0 rings (SSSR count). The van der Waals surface area contributed by atoms with Crippen LogP contribution in [0.3, 0.4) is 0 Å². The Hall–Kier alpha value is -0.560. The second-order valence-corrected chi connectivity index (χ2v) is 2.47. The molecule has 0 fully saturated rings. The molecular weight excluding hydrogens is 116 g/mol. The standard InChI is InChI=1S/C7H12O2/c1-4-5-6(8)7(2,3)9/h5-6,8-9H,1H2,2-3H3. The normalized spacial score (nSPS) is 14.2. The molecule has 2 nitrogen and oxygen atoms in total. The molecule has 2 heteroatoms. The number of hydrogen-bond acceptors (Lipinski definition) is 2. The Morgan fingerprint density at radius 3 is 2.22 bits per heavy atom. The largest absolute Gasteiger partial charge is 0.387 e. The van der Waals surface area contributed by atoms with Gasteiger partial charge in [0.15, 0.2) is 0 Å². The average molecular weight is 128 g/mol. The zero-order chi connectivity index (χ0) is 7.49. The summed E-state index contributed by atoms with van der Waals surface area (Å²) in [5.41, 5.74) is 1.30. The lowest BCUT2D eigenvalue weighted by Crippen LogP contribution is -2.33. The molecule has 1 unspecified atom stereocenters. The average Bonchev–Trinajstić information content (AvgIpc) is 1.64. The summed E-state index contributed by atoms with van der Waals surface area (Å²) in [5.74, 6) is 0. The first-order chi connectivity index (χ1) is 3.98. The molecule has 0 bridgehead atoms. The van der Waals surface area contributed by atoms with Gasteiger partial charge in [-0.25, -0.2) is 0 Å². The molecule has 2 N–H and O–H groups in total. The van der Waals surface area contributed by atoms with Crippen LogP contribution in [0.15, 0.2) is 18.4 Å². The summed E-state index contributed by atoms with van der Waals surface area (Å²) in [5, 5.41) is 18.0. The summed E-state index contributed by atoms with van der Waals surface area (Å²) in [6, 6.07) is 0. The Morgan fingerprint density at radius 2 is 2.11 bits per heavy atom. The van der Waals surface area contributed by atoms with Gasteiger partial charge >= 0.3 is 0 Å². The molecule has 9 heavy (non-hydrogen) atoms. The lowest BCUT2D eigenvalue weighted by Gasteiger charge is -2.20. The zero-order valence-electron chi connectivity index (χ0n) is 5.76. The predicted octanol–water partition coefficient (Wildman–Crippen LogP) is 0.459. The Labute approximate surface area is 55.1 Å². The monoisotopic (exact) mass is 128 g/mol. The van der Waals surface area contributed by atoms with Crippen LogP contribution in [0.1, 0.15) is 13.8 Å². The first kappa shape index (κ1) is 8.44. The van der Waals surface area contributed by atoms with E-state index in [1.54, 1.807) is 0 Å². The molecule has 1 atom stereocenters. The lowest BCUT2D eigenvalue weighted by atomic mass is 10.0. The van der Waals surface area contributed by atoms with Gasteiger partial charge in [0.1, 0.15) is 6.10 Å². The van der Waals surface area contributed by atoms with E-state index < -0.39 is 11.7 Å². The summed E-state index contributed by atoms with van der Waals surface area (Å²) >= 11 is 0. The lowest BCUT2D eigenvalue weighted by molar-refractivity contribution is -0.0224. The first-order valence-electron chi connectivity index (χ1n) is 2.75. The highest BCUT2D eigenvalue weighted by atomic mass is 16.3. The first-order valence-corrected chi connectivity index (χ1v) is 2.75. The second-order valence-electron chi connectivity index (χ2n) is 2.47. The van der Waals surface area contributed by atoms with Gasteiger partial charge in [0.25, 0.3) is 0 Å². The van der Waals surface area contributed by atoms with Gasteiger partial charge in [0, 0.05) is 0 Å². The topological polar surface area (TPSA) is 40.5 Å². The van der Waals surface area contributed by atoms with E-state index in [2.05, 4.69) is 12.3 Å². The maximum Gasteiger partial charge on any atom is 0.108 e. The van der Waals surface area contributed by atoms with Crippen molar-refractivity contribution in [3.05, 3.63) is 18.4 Å². The van der Waals surface area contributed by atoms with Crippen LogP contribution < -0.4 is 0 Å². The fourth-order valence-electron chi connectivity index (χ4n) is 0.316. The van der Waals surface area contributed by atoms with E-state index in [0.717, 1.165) is 0 Å². The van der Waals surface area contributed by atoms with Gasteiger partial charge < -0.3 is 10.2 Å². The van der Waals surface area contributed by atoms with Crippen molar-refractivity contribution < 1.29 is 10.2 Å². The smallest absolute Gasteiger partial charge is 0.108 e. The van der Waals surface area contributed by atoms with Crippen LogP contribution in [0.5, 0.6) is 0 Å². The van der Waals surface area contributed by atoms with E-state index in [-0.39, 0.29) is 0 Å². The summed E-state index contributed by atoms with van der Waals surface area (Å²) < 4.78 is 0. The Kier molecular flexibility index (Phi) is 2.65. The van der Waals surface area contributed by atoms with Crippen LogP contribution in [0.2, 0.25) is 0 Å². The van der Waals surface area contributed by atoms with Gasteiger partial charge in [-0.1, -0.05) is 6.58 Å². The van der Waals surface area contributed by atoms with Crippen LogP contribution in [-0.2, 0) is 0 Å². The third-order valence-electron chi connectivity index (χ3n) is 1.000. The molecule has 0 aliphatic heterocycles. The van der Waals surface area contributed by atoms with Crippen LogP contribution in [-0.4, -0.2) is 21.9 Å². The van der Waals surface area contributed by atoms with Crippen molar-refractivity contribution >= 4 is 0 Å². The molecule has 0 heterocycles. The van der Waals surface area contributed by atoms with Crippen molar-refractivity contribution in [2.75, 3.05) is 0 Å². The minimum absolute atomic E-state index is 0.880. The fourth-order valence-corrected chi connectivity index (χ4v) is 0.316. The van der Waals surface area contributed by atoms with Crippen LogP contribution in [0, 0.1) is 0 Å². The van der Waals surface area contributed by atoms with Gasteiger partial charge in [-0.3, -0.25) is 0 Å². The van der Waals surface area contributed by atoms with Crippen molar-refractivity contribution in [1.29, 1.82) is 0 Å². The van der Waals surface area contributed by atoms with Gasteiger partial charge in [0.05, 0.1) is 5.60 Å². The molecule has 0 aromatic carbocycles. The summed E-state index contributed by atoms with van der Waals surface area (Å²) in [6.07, 6.45) is 0.440. The van der Waals surface area contributed by atoms with Gasteiger partial charge in [-0.15, -0.1) is 5.73 Å². The predicted molar refractivity (Wildman–Crippen MR) is 36.0 cm³/mol. The third-order valence-corrected chi connectivity index (χ3v) is 1.000. The Morgan fingerprint density at radius 1 is 1.67 bits per heavy atom. The second kappa shape index (κ2) is 2.83. The van der Waals surface area contributed by atoms with Crippen LogP contribution in [0.25, 0.3) is 0 Å². The quantitative estimate of drug-likeness (QED) is 0.530. The van der Waals surface area contributed by atoms with E-state index >= 15 is 0 Å². The Balaban J connectivity index is 4.03. The summed E-state index contributed by atoms with van der Waals surface area (Å²) in [4.78, 5) is 0. The fraction of sp³-hybridized carbons (Fsp3) is 0.571. The number of hydrogen-bond donors (Lipinski definition) is 2. The summed E-state index contributed by atoms with van der Waals surface area (Å²) in [6.45, 7) is 6.30. The highest BCUT2D eigenvalue weighted by molar-refractivity contribution is 4.93. The van der Waals surface area contributed by atoms with E-state index in [4.69, 9.17) is 10.2 Å². The van der Waals surface area contributed by atoms with Crippen molar-refractivity contribution in [2.24, 2.45) is 0 Å².